The van der Waals surface area contributed by atoms with Gasteiger partial charge in [0.05, 0.1) is 4.92 Å². The molecule has 2 aromatic rings. The number of amides is 2. The zero-order valence-corrected chi connectivity index (χ0v) is 16.0. The van der Waals surface area contributed by atoms with E-state index >= 15 is 0 Å². The molecule has 1 aliphatic heterocycles. The topological polar surface area (TPSA) is 145 Å². The van der Waals surface area contributed by atoms with Gasteiger partial charge in [0.1, 0.15) is 11.3 Å². The second-order valence-electron chi connectivity index (χ2n) is 5.63. The van der Waals surface area contributed by atoms with Crippen molar-refractivity contribution in [2.45, 2.75) is 4.90 Å². The van der Waals surface area contributed by atoms with Crippen LogP contribution in [0.5, 0.6) is 5.75 Å². The van der Waals surface area contributed by atoms with E-state index in [0.717, 1.165) is 12.1 Å². The van der Waals surface area contributed by atoms with Crippen molar-refractivity contribution in [2.24, 2.45) is 0 Å². The van der Waals surface area contributed by atoms with Crippen molar-refractivity contribution < 1.29 is 27.1 Å². The number of hydrogen-bond acceptors (Lipinski definition) is 8. The number of nitrogens with one attached hydrogen (secondary N) is 2. The van der Waals surface area contributed by atoms with E-state index < -0.39 is 37.4 Å². The summed E-state index contributed by atoms with van der Waals surface area (Å²) < 4.78 is 30.0. The number of thiocarbonyl (C=S) groups is 1. The van der Waals surface area contributed by atoms with Gasteiger partial charge in [-0.25, -0.2) is 0 Å². The Morgan fingerprint density at radius 1 is 1.03 bits per heavy atom. The van der Waals surface area contributed by atoms with Crippen molar-refractivity contribution in [3.8, 4) is 5.75 Å². The first-order valence-corrected chi connectivity index (χ1v) is 9.65. The zero-order chi connectivity index (χ0) is 21.2. The Morgan fingerprint density at radius 3 is 2.34 bits per heavy atom. The molecule has 0 saturated carbocycles. The third kappa shape index (κ3) is 4.44. The third-order valence-corrected chi connectivity index (χ3v) is 5.15. The first-order chi connectivity index (χ1) is 13.7. The van der Waals surface area contributed by atoms with Crippen molar-refractivity contribution in [2.75, 3.05) is 0 Å². The summed E-state index contributed by atoms with van der Waals surface area (Å²) in [5, 5.41) is 15.5. The fourth-order valence-electron chi connectivity index (χ4n) is 2.42. The summed E-state index contributed by atoms with van der Waals surface area (Å²) in [4.78, 5) is 33.4. The first-order valence-electron chi connectivity index (χ1n) is 7.84. The van der Waals surface area contributed by atoms with Gasteiger partial charge in [0.25, 0.3) is 17.5 Å². The minimum Gasteiger partial charge on any atom is -0.379 e. The lowest BCUT2D eigenvalue weighted by Gasteiger charge is -2.16. The Kier molecular flexibility index (Phi) is 5.39. The summed E-state index contributed by atoms with van der Waals surface area (Å²) in [5.74, 6) is -1.58. The Bertz CT molecular complexity index is 1170. The summed E-state index contributed by atoms with van der Waals surface area (Å²) in [6.07, 6.45) is 1.22. The van der Waals surface area contributed by atoms with Gasteiger partial charge in [-0.3, -0.25) is 30.3 Å². The van der Waals surface area contributed by atoms with E-state index in [1.54, 1.807) is 0 Å². The van der Waals surface area contributed by atoms with E-state index in [1.165, 1.54) is 42.5 Å². The molecule has 29 heavy (non-hydrogen) atoms. The van der Waals surface area contributed by atoms with Gasteiger partial charge < -0.3 is 4.18 Å². The number of nitrogens with zero attached hydrogens (tertiary/aromatic N) is 1. The van der Waals surface area contributed by atoms with Gasteiger partial charge in [-0.2, -0.15) is 8.42 Å². The Labute approximate surface area is 169 Å². The molecule has 1 heterocycles. The van der Waals surface area contributed by atoms with Crippen LogP contribution in [0.1, 0.15) is 5.56 Å². The van der Waals surface area contributed by atoms with Crippen LogP contribution in [0, 0.1) is 10.1 Å². The molecule has 12 heteroatoms. The summed E-state index contributed by atoms with van der Waals surface area (Å²) in [5.41, 5.74) is -0.581. The van der Waals surface area contributed by atoms with Crippen molar-refractivity contribution in [1.82, 2.24) is 10.6 Å². The van der Waals surface area contributed by atoms with E-state index in [-0.39, 0.29) is 22.0 Å². The Morgan fingerprint density at radius 2 is 1.69 bits per heavy atom. The van der Waals surface area contributed by atoms with E-state index in [1.807, 2.05) is 0 Å². The number of para-hydroxylation sites is 1. The molecular weight excluding hydrogens is 422 g/mol. The number of nitro benzene ring substituents is 1. The van der Waals surface area contributed by atoms with Crippen LogP contribution in [-0.2, 0) is 19.7 Å². The van der Waals surface area contributed by atoms with Gasteiger partial charge in [-0.1, -0.05) is 24.3 Å². The molecule has 2 amide bonds. The molecule has 0 aromatic heterocycles. The van der Waals surface area contributed by atoms with E-state index in [2.05, 4.69) is 10.6 Å². The Balaban J connectivity index is 1.92. The van der Waals surface area contributed by atoms with Crippen molar-refractivity contribution in [3.05, 3.63) is 69.8 Å². The number of hydrogen-bond donors (Lipinski definition) is 2. The van der Waals surface area contributed by atoms with Crippen molar-refractivity contribution >= 4 is 51.0 Å². The highest BCUT2D eigenvalue weighted by Crippen LogP contribution is 2.27. The molecule has 1 fully saturated rings. The summed E-state index contributed by atoms with van der Waals surface area (Å²) in [6.45, 7) is 0. The molecule has 148 valence electrons. The summed E-state index contributed by atoms with van der Waals surface area (Å²) in [7, 11) is -4.51. The maximum atomic E-state index is 12.5. The predicted octanol–water partition coefficient (Wildman–Crippen LogP) is 1.28. The first kappa shape index (κ1) is 20.1. The van der Waals surface area contributed by atoms with Crippen molar-refractivity contribution in [1.29, 1.82) is 0 Å². The molecule has 0 bridgehead atoms. The van der Waals surface area contributed by atoms with Gasteiger partial charge >= 0.3 is 10.1 Å². The fourth-order valence-corrected chi connectivity index (χ4v) is 3.70. The van der Waals surface area contributed by atoms with Crippen LogP contribution in [-0.4, -0.2) is 30.3 Å². The predicted molar refractivity (Wildman–Crippen MR) is 104 cm³/mol. The molecule has 2 aromatic carbocycles. The summed E-state index contributed by atoms with van der Waals surface area (Å²) in [6, 6.07) is 10.3. The zero-order valence-electron chi connectivity index (χ0n) is 14.3. The SMILES string of the molecule is O=C1NC(=S)NC(=O)C1=Cc1cccc(OS(=O)(=O)c2ccccc2[N+](=O)[O-])c1. The molecule has 0 atom stereocenters. The van der Waals surface area contributed by atoms with Gasteiger partial charge in [0.2, 0.25) is 0 Å². The molecule has 0 radical (unpaired) electrons. The third-order valence-electron chi connectivity index (χ3n) is 3.65. The highest BCUT2D eigenvalue weighted by atomic mass is 32.2. The van der Waals surface area contributed by atoms with Crippen LogP contribution in [0.15, 0.2) is 59.0 Å². The van der Waals surface area contributed by atoms with Gasteiger partial charge in [0, 0.05) is 6.07 Å². The number of carbonyl (C=O) groups excluding carboxylic acids is 2. The second kappa shape index (κ2) is 7.77. The van der Waals surface area contributed by atoms with Crippen LogP contribution in [0.2, 0.25) is 0 Å². The normalized spacial score (nSPS) is 14.1. The number of nitro groups is 1. The molecule has 0 aliphatic carbocycles. The number of rotatable bonds is 5. The lowest BCUT2D eigenvalue weighted by molar-refractivity contribution is -0.387. The fraction of sp³-hybridized carbons (Fsp3) is 0. The smallest absolute Gasteiger partial charge is 0.346 e. The van der Waals surface area contributed by atoms with Crippen LogP contribution in [0.4, 0.5) is 5.69 Å². The van der Waals surface area contributed by atoms with E-state index in [4.69, 9.17) is 16.4 Å². The largest absolute Gasteiger partial charge is 0.379 e. The monoisotopic (exact) mass is 433 g/mol. The Hall–Kier alpha value is -3.64. The second-order valence-corrected chi connectivity index (χ2v) is 7.55. The van der Waals surface area contributed by atoms with Gasteiger partial charge in [0.15, 0.2) is 10.0 Å². The minimum atomic E-state index is -4.51. The highest BCUT2D eigenvalue weighted by molar-refractivity contribution is 7.87. The van der Waals surface area contributed by atoms with Gasteiger partial charge in [-0.15, -0.1) is 0 Å². The van der Waals surface area contributed by atoms with Crippen LogP contribution >= 0.6 is 12.2 Å². The summed E-state index contributed by atoms with van der Waals surface area (Å²) >= 11 is 4.71. The molecular formula is C17H11N3O7S2. The maximum absolute atomic E-state index is 12.5. The van der Waals surface area contributed by atoms with Crippen LogP contribution in [0.25, 0.3) is 6.08 Å². The maximum Gasteiger partial charge on any atom is 0.346 e. The standard InChI is InChI=1S/C17H11N3O7S2/c21-15-12(16(22)19-17(28)18-15)9-10-4-3-5-11(8-10)27-29(25,26)14-7-2-1-6-13(14)20(23)24/h1-9H,(H2,18,19,21,22,28). The molecule has 1 aliphatic rings. The number of benzene rings is 2. The van der Waals surface area contributed by atoms with Gasteiger partial charge in [-0.05, 0) is 42.1 Å². The highest BCUT2D eigenvalue weighted by Gasteiger charge is 2.28. The lowest BCUT2D eigenvalue weighted by Crippen LogP contribution is -2.51. The van der Waals surface area contributed by atoms with Crippen LogP contribution < -0.4 is 14.8 Å². The number of carbonyl (C=O) groups is 2. The van der Waals surface area contributed by atoms with Crippen LogP contribution in [0.3, 0.4) is 0 Å². The molecule has 3 rings (SSSR count). The average molecular weight is 433 g/mol. The lowest BCUT2D eigenvalue weighted by atomic mass is 10.1. The van der Waals surface area contributed by atoms with E-state index in [9.17, 15) is 28.1 Å². The average Bonchev–Trinajstić information content (AvgIpc) is 2.64. The molecule has 2 N–H and O–H groups in total. The molecule has 10 nitrogen and oxygen atoms in total. The quantitative estimate of drug-likeness (QED) is 0.179. The molecule has 0 unspecified atom stereocenters. The molecule has 1 saturated heterocycles. The van der Waals surface area contributed by atoms with E-state index in [0.29, 0.717) is 0 Å². The molecule has 0 spiro atoms. The minimum absolute atomic E-state index is 0.121. The van der Waals surface area contributed by atoms with Crippen molar-refractivity contribution in [3.63, 3.8) is 0 Å².